The highest BCUT2D eigenvalue weighted by molar-refractivity contribution is 7.06. The SMILES string of the molecule is O=C(CCCCl)N=c1sn(C(=O)CCCCl)c2ccc([N+](=O)[O-])cc12. The van der Waals surface area contributed by atoms with Crippen molar-refractivity contribution in [3.63, 3.8) is 0 Å². The topological polar surface area (TPSA) is 94.6 Å². The maximum atomic E-state index is 12.3. The number of nitro groups is 1. The van der Waals surface area contributed by atoms with Crippen LogP contribution in [0.3, 0.4) is 0 Å². The summed E-state index contributed by atoms with van der Waals surface area (Å²) in [4.78, 5) is 38.8. The molecular weight excluding hydrogens is 389 g/mol. The number of carbonyl (C=O) groups excluding carboxylic acids is 2. The lowest BCUT2D eigenvalue weighted by Gasteiger charge is -2.01. The number of aromatic nitrogens is 1. The van der Waals surface area contributed by atoms with Gasteiger partial charge in [-0.15, -0.1) is 23.2 Å². The molecule has 0 radical (unpaired) electrons. The maximum absolute atomic E-state index is 12.3. The molecule has 2 rings (SSSR count). The third-order valence-electron chi connectivity index (χ3n) is 3.32. The Morgan fingerprint density at radius 3 is 2.52 bits per heavy atom. The number of amides is 1. The fraction of sp³-hybridized carbons (Fsp3) is 0.400. The molecule has 2 aromatic rings. The first-order chi connectivity index (χ1) is 12.0. The van der Waals surface area contributed by atoms with Gasteiger partial charge in [-0.05, 0) is 30.4 Å². The van der Waals surface area contributed by atoms with Gasteiger partial charge in [-0.25, -0.2) is 8.95 Å². The monoisotopic (exact) mass is 403 g/mol. The third kappa shape index (κ3) is 4.87. The van der Waals surface area contributed by atoms with Gasteiger partial charge in [0.15, 0.2) is 0 Å². The second-order valence-corrected chi connectivity index (χ2v) is 6.82. The summed E-state index contributed by atoms with van der Waals surface area (Å²) in [5.74, 6) is 0.124. The van der Waals surface area contributed by atoms with E-state index < -0.39 is 4.92 Å². The lowest BCUT2D eigenvalue weighted by molar-refractivity contribution is -0.384. The Kier molecular flexibility index (Phi) is 7.10. The number of alkyl halides is 2. The molecule has 1 aromatic heterocycles. The molecule has 0 atom stereocenters. The van der Waals surface area contributed by atoms with E-state index in [1.165, 1.54) is 22.2 Å². The zero-order chi connectivity index (χ0) is 18.4. The molecule has 7 nitrogen and oxygen atoms in total. The molecule has 10 heteroatoms. The van der Waals surface area contributed by atoms with Crippen LogP contribution in [0.2, 0.25) is 0 Å². The maximum Gasteiger partial charge on any atom is 0.270 e. The molecule has 0 spiro atoms. The van der Waals surface area contributed by atoms with E-state index in [1.54, 1.807) is 0 Å². The van der Waals surface area contributed by atoms with Crippen LogP contribution < -0.4 is 4.67 Å². The number of hydrogen-bond donors (Lipinski definition) is 0. The fourth-order valence-electron chi connectivity index (χ4n) is 2.14. The van der Waals surface area contributed by atoms with Crippen molar-refractivity contribution >= 4 is 63.1 Å². The Hall–Kier alpha value is -1.77. The second kappa shape index (κ2) is 9.07. The summed E-state index contributed by atoms with van der Waals surface area (Å²) in [5, 5.41) is 11.4. The number of nitrogens with zero attached hydrogens (tertiary/aromatic N) is 3. The lowest BCUT2D eigenvalue weighted by Crippen LogP contribution is -2.08. The summed E-state index contributed by atoms with van der Waals surface area (Å²) < 4.78 is 1.68. The molecule has 1 aromatic carbocycles. The molecule has 25 heavy (non-hydrogen) atoms. The average molecular weight is 404 g/mol. The van der Waals surface area contributed by atoms with Gasteiger partial charge in [-0.1, -0.05) is 0 Å². The molecule has 0 bridgehead atoms. The predicted octanol–water partition coefficient (Wildman–Crippen LogP) is 3.72. The minimum absolute atomic E-state index is 0.129. The van der Waals surface area contributed by atoms with E-state index in [2.05, 4.69) is 4.99 Å². The zero-order valence-corrected chi connectivity index (χ0v) is 15.4. The largest absolute Gasteiger partial charge is 0.273 e. The van der Waals surface area contributed by atoms with E-state index in [4.69, 9.17) is 23.2 Å². The quantitative estimate of drug-likeness (QED) is 0.399. The summed E-state index contributed by atoms with van der Waals surface area (Å²) in [6, 6.07) is 4.13. The van der Waals surface area contributed by atoms with Gasteiger partial charge >= 0.3 is 0 Å². The van der Waals surface area contributed by atoms with E-state index in [0.717, 1.165) is 11.5 Å². The number of benzene rings is 1. The molecule has 0 aliphatic heterocycles. The molecule has 0 saturated heterocycles. The Morgan fingerprint density at radius 2 is 1.88 bits per heavy atom. The molecule has 0 saturated carbocycles. The van der Waals surface area contributed by atoms with E-state index >= 15 is 0 Å². The number of carbonyl (C=O) groups is 2. The number of nitro benzene ring substituents is 1. The Balaban J connectivity index is 2.56. The molecule has 0 fully saturated rings. The molecule has 1 heterocycles. The first-order valence-electron chi connectivity index (χ1n) is 7.51. The standard InChI is InChI=1S/C15H15Cl2N3O4S/c16-7-1-3-13(21)18-15-11-9-10(20(23)24)5-6-12(11)19(25-15)14(22)4-2-8-17/h5-6,9H,1-4,7-8H2. The summed E-state index contributed by atoms with van der Waals surface area (Å²) in [6.45, 7) is 0. The van der Waals surface area contributed by atoms with Crippen molar-refractivity contribution in [2.24, 2.45) is 4.99 Å². The van der Waals surface area contributed by atoms with Crippen molar-refractivity contribution in [1.82, 2.24) is 3.96 Å². The van der Waals surface area contributed by atoms with Crippen LogP contribution in [0.5, 0.6) is 0 Å². The van der Waals surface area contributed by atoms with Gasteiger partial charge in [0, 0.05) is 42.1 Å². The summed E-state index contributed by atoms with van der Waals surface area (Å²) in [7, 11) is 0. The van der Waals surface area contributed by atoms with Crippen molar-refractivity contribution in [2.45, 2.75) is 25.7 Å². The Labute approximate surface area is 157 Å². The number of fused-ring (bicyclic) bond motifs is 1. The summed E-state index contributed by atoms with van der Waals surface area (Å²) >= 11 is 12.2. The van der Waals surface area contributed by atoms with Gasteiger partial charge in [0.1, 0.15) is 4.67 Å². The van der Waals surface area contributed by atoms with Crippen molar-refractivity contribution in [3.05, 3.63) is 33.0 Å². The van der Waals surface area contributed by atoms with Crippen LogP contribution in [0.1, 0.15) is 30.5 Å². The van der Waals surface area contributed by atoms with E-state index in [1.807, 2.05) is 0 Å². The number of halogens is 2. The number of non-ortho nitro benzene ring substituents is 1. The first kappa shape index (κ1) is 19.6. The van der Waals surface area contributed by atoms with Crippen LogP contribution in [0, 0.1) is 10.1 Å². The van der Waals surface area contributed by atoms with Gasteiger partial charge in [0.2, 0.25) is 11.8 Å². The van der Waals surface area contributed by atoms with Crippen molar-refractivity contribution in [1.29, 1.82) is 0 Å². The van der Waals surface area contributed by atoms with E-state index in [0.29, 0.717) is 35.5 Å². The first-order valence-corrected chi connectivity index (χ1v) is 9.35. The van der Waals surface area contributed by atoms with Gasteiger partial charge in [-0.3, -0.25) is 19.7 Å². The lowest BCUT2D eigenvalue weighted by atomic mass is 10.2. The summed E-state index contributed by atoms with van der Waals surface area (Å²) in [5.41, 5.74) is 0.356. The van der Waals surface area contributed by atoms with Crippen LogP contribution in [0.4, 0.5) is 5.69 Å². The van der Waals surface area contributed by atoms with Gasteiger partial charge in [0.25, 0.3) is 5.69 Å². The van der Waals surface area contributed by atoms with Crippen LogP contribution in [0.25, 0.3) is 10.9 Å². The van der Waals surface area contributed by atoms with Gasteiger partial charge < -0.3 is 0 Å². The highest BCUT2D eigenvalue weighted by Crippen LogP contribution is 2.21. The van der Waals surface area contributed by atoms with Crippen LogP contribution in [-0.2, 0) is 4.79 Å². The van der Waals surface area contributed by atoms with Gasteiger partial charge in [0.05, 0.1) is 10.4 Å². The van der Waals surface area contributed by atoms with Gasteiger partial charge in [-0.2, -0.15) is 0 Å². The molecule has 0 aliphatic rings. The minimum Gasteiger partial charge on any atom is -0.273 e. The fourth-order valence-corrected chi connectivity index (χ4v) is 3.44. The minimum atomic E-state index is -0.532. The molecule has 0 aliphatic carbocycles. The molecule has 0 unspecified atom stereocenters. The Morgan fingerprint density at radius 1 is 1.20 bits per heavy atom. The smallest absolute Gasteiger partial charge is 0.270 e. The van der Waals surface area contributed by atoms with Crippen molar-refractivity contribution in [2.75, 3.05) is 11.8 Å². The predicted molar refractivity (Wildman–Crippen MR) is 97.6 cm³/mol. The molecule has 1 amide bonds. The molecule has 0 N–H and O–H groups in total. The number of rotatable bonds is 7. The highest BCUT2D eigenvalue weighted by atomic mass is 35.5. The van der Waals surface area contributed by atoms with Crippen molar-refractivity contribution < 1.29 is 14.5 Å². The summed E-state index contributed by atoms with van der Waals surface area (Å²) in [6.07, 6.45) is 1.42. The van der Waals surface area contributed by atoms with E-state index in [-0.39, 0.29) is 35.0 Å². The molecular formula is C15H15Cl2N3O4S. The Bertz CT molecular complexity index is 875. The van der Waals surface area contributed by atoms with Crippen LogP contribution in [-0.4, -0.2) is 32.5 Å². The third-order valence-corrected chi connectivity index (χ3v) is 4.92. The highest BCUT2D eigenvalue weighted by Gasteiger charge is 2.16. The molecule has 134 valence electrons. The second-order valence-electron chi connectivity index (χ2n) is 5.13. The zero-order valence-electron chi connectivity index (χ0n) is 13.1. The van der Waals surface area contributed by atoms with E-state index in [9.17, 15) is 19.7 Å². The normalized spacial score (nSPS) is 11.8. The van der Waals surface area contributed by atoms with Crippen LogP contribution in [0.15, 0.2) is 23.2 Å². The van der Waals surface area contributed by atoms with Crippen LogP contribution >= 0.6 is 34.7 Å². The number of hydrogen-bond acceptors (Lipinski definition) is 5. The average Bonchev–Trinajstić information content (AvgIpc) is 2.95. The van der Waals surface area contributed by atoms with Crippen molar-refractivity contribution in [3.8, 4) is 0 Å².